The minimum Gasteiger partial charge on any atom is -0.436 e. The van der Waals surface area contributed by atoms with E-state index < -0.39 is 0 Å². The molecule has 0 bridgehead atoms. The zero-order valence-corrected chi connectivity index (χ0v) is 11.4. The van der Waals surface area contributed by atoms with E-state index in [2.05, 4.69) is 10.3 Å². The molecule has 3 rings (SSSR count). The van der Waals surface area contributed by atoms with Crippen molar-refractivity contribution < 1.29 is 9.13 Å². The second-order valence-electron chi connectivity index (χ2n) is 5.20. The Kier molecular flexibility index (Phi) is 3.65. The van der Waals surface area contributed by atoms with Gasteiger partial charge >= 0.3 is 0 Å². The van der Waals surface area contributed by atoms with Crippen molar-refractivity contribution >= 4 is 0 Å². The van der Waals surface area contributed by atoms with E-state index >= 15 is 0 Å². The third-order valence-corrected chi connectivity index (χ3v) is 3.27. The Bertz CT molecular complexity index is 594. The molecule has 1 aromatic carbocycles. The number of pyridine rings is 1. The fourth-order valence-electron chi connectivity index (χ4n) is 1.93. The molecule has 104 valence electrons. The minimum absolute atomic E-state index is 0.210. The van der Waals surface area contributed by atoms with Crippen LogP contribution in [-0.2, 0) is 6.54 Å². The summed E-state index contributed by atoms with van der Waals surface area (Å²) in [6.45, 7) is 2.71. The van der Waals surface area contributed by atoms with Crippen LogP contribution < -0.4 is 10.1 Å². The van der Waals surface area contributed by atoms with Gasteiger partial charge in [0, 0.05) is 24.8 Å². The molecule has 0 saturated heterocycles. The van der Waals surface area contributed by atoms with Gasteiger partial charge in [-0.05, 0) is 43.0 Å². The molecule has 1 aromatic heterocycles. The predicted octanol–water partition coefficient (Wildman–Crippen LogP) is 3.57. The zero-order chi connectivity index (χ0) is 13.9. The van der Waals surface area contributed by atoms with Crippen molar-refractivity contribution in [3.05, 3.63) is 53.5 Å². The second-order valence-corrected chi connectivity index (χ2v) is 5.20. The monoisotopic (exact) mass is 272 g/mol. The molecule has 0 amide bonds. The Hall–Kier alpha value is -1.94. The van der Waals surface area contributed by atoms with E-state index in [1.807, 2.05) is 13.0 Å². The smallest absolute Gasteiger partial charge is 0.219 e. The third kappa shape index (κ3) is 3.33. The van der Waals surface area contributed by atoms with Gasteiger partial charge in [-0.25, -0.2) is 9.37 Å². The summed E-state index contributed by atoms with van der Waals surface area (Å²) in [6, 6.07) is 9.17. The lowest BCUT2D eigenvalue weighted by Gasteiger charge is -2.08. The Morgan fingerprint density at radius 1 is 1.30 bits per heavy atom. The Labute approximate surface area is 117 Å². The lowest BCUT2D eigenvalue weighted by molar-refractivity contribution is 0.426. The molecular formula is C16H17FN2O. The fourth-order valence-corrected chi connectivity index (χ4v) is 1.93. The summed E-state index contributed by atoms with van der Waals surface area (Å²) >= 11 is 0. The number of aryl methyl sites for hydroxylation is 1. The lowest BCUT2D eigenvalue weighted by Crippen LogP contribution is -2.15. The zero-order valence-electron chi connectivity index (χ0n) is 11.4. The summed E-state index contributed by atoms with van der Waals surface area (Å²) in [5.41, 5.74) is 2.06. The Balaban J connectivity index is 1.66. The van der Waals surface area contributed by atoms with Crippen molar-refractivity contribution in [3.8, 4) is 11.6 Å². The molecule has 1 fully saturated rings. The van der Waals surface area contributed by atoms with Crippen LogP contribution in [0.5, 0.6) is 11.6 Å². The van der Waals surface area contributed by atoms with Gasteiger partial charge in [-0.1, -0.05) is 12.1 Å². The molecule has 4 heteroatoms. The summed E-state index contributed by atoms with van der Waals surface area (Å²) in [4.78, 5) is 4.21. The van der Waals surface area contributed by atoms with Crippen LogP contribution in [0.15, 0.2) is 36.5 Å². The molecular weight excluding hydrogens is 255 g/mol. The number of hydrogen-bond donors (Lipinski definition) is 1. The van der Waals surface area contributed by atoms with Crippen molar-refractivity contribution in [2.24, 2.45) is 0 Å². The quantitative estimate of drug-likeness (QED) is 0.903. The molecule has 0 spiro atoms. The van der Waals surface area contributed by atoms with E-state index in [4.69, 9.17) is 4.74 Å². The van der Waals surface area contributed by atoms with Crippen molar-refractivity contribution in [1.82, 2.24) is 10.3 Å². The highest BCUT2D eigenvalue weighted by Crippen LogP contribution is 2.24. The fraction of sp³-hybridized carbons (Fsp3) is 0.312. The van der Waals surface area contributed by atoms with Gasteiger partial charge < -0.3 is 10.1 Å². The number of benzene rings is 1. The molecule has 1 aliphatic carbocycles. The molecule has 0 radical (unpaired) electrons. The lowest BCUT2D eigenvalue weighted by atomic mass is 10.2. The van der Waals surface area contributed by atoms with Crippen LogP contribution in [0, 0.1) is 12.7 Å². The average molecular weight is 272 g/mol. The number of ether oxygens (including phenoxy) is 1. The summed E-state index contributed by atoms with van der Waals surface area (Å²) in [6.07, 6.45) is 4.29. The molecule has 0 aliphatic heterocycles. The Morgan fingerprint density at radius 2 is 2.15 bits per heavy atom. The summed E-state index contributed by atoms with van der Waals surface area (Å²) in [7, 11) is 0. The SMILES string of the molecule is Cc1ccc(F)c(Oc2ccc(CNC3CC3)cn2)c1. The van der Waals surface area contributed by atoms with Crippen molar-refractivity contribution in [2.75, 3.05) is 0 Å². The number of rotatable bonds is 5. The molecule has 1 heterocycles. The number of halogens is 1. The van der Waals surface area contributed by atoms with Crippen molar-refractivity contribution in [3.63, 3.8) is 0 Å². The molecule has 20 heavy (non-hydrogen) atoms. The van der Waals surface area contributed by atoms with Crippen LogP contribution in [0.25, 0.3) is 0 Å². The first-order valence-corrected chi connectivity index (χ1v) is 6.83. The standard InChI is InChI=1S/C16H17FN2O/c1-11-2-6-14(17)15(8-11)20-16-7-3-12(10-19-16)9-18-13-4-5-13/h2-3,6-8,10,13,18H,4-5,9H2,1H3. The molecule has 0 atom stereocenters. The maximum Gasteiger partial charge on any atom is 0.219 e. The summed E-state index contributed by atoms with van der Waals surface area (Å²) in [5.74, 6) is 0.239. The van der Waals surface area contributed by atoms with Gasteiger partial charge in [0.1, 0.15) is 0 Å². The van der Waals surface area contributed by atoms with Gasteiger partial charge in [0.2, 0.25) is 5.88 Å². The first-order chi connectivity index (χ1) is 9.70. The van der Waals surface area contributed by atoms with E-state index in [0.29, 0.717) is 11.9 Å². The van der Waals surface area contributed by atoms with Crippen LogP contribution >= 0.6 is 0 Å². The van der Waals surface area contributed by atoms with Gasteiger partial charge in [-0.15, -0.1) is 0 Å². The highest BCUT2D eigenvalue weighted by atomic mass is 19.1. The largest absolute Gasteiger partial charge is 0.436 e. The van der Waals surface area contributed by atoms with Crippen LogP contribution in [0.4, 0.5) is 4.39 Å². The van der Waals surface area contributed by atoms with Gasteiger partial charge in [-0.2, -0.15) is 0 Å². The van der Waals surface area contributed by atoms with Crippen LogP contribution in [-0.4, -0.2) is 11.0 Å². The maximum atomic E-state index is 13.6. The van der Waals surface area contributed by atoms with E-state index in [0.717, 1.165) is 17.7 Å². The number of aromatic nitrogens is 1. The highest BCUT2D eigenvalue weighted by molar-refractivity contribution is 5.32. The summed E-state index contributed by atoms with van der Waals surface area (Å²) < 4.78 is 19.1. The molecule has 3 nitrogen and oxygen atoms in total. The first-order valence-electron chi connectivity index (χ1n) is 6.83. The van der Waals surface area contributed by atoms with E-state index in [-0.39, 0.29) is 11.6 Å². The van der Waals surface area contributed by atoms with E-state index in [9.17, 15) is 4.39 Å². The van der Waals surface area contributed by atoms with Gasteiger partial charge in [0.25, 0.3) is 0 Å². The van der Waals surface area contributed by atoms with E-state index in [1.54, 1.807) is 24.4 Å². The summed E-state index contributed by atoms with van der Waals surface area (Å²) in [5, 5.41) is 3.42. The molecule has 2 aromatic rings. The topological polar surface area (TPSA) is 34.1 Å². The van der Waals surface area contributed by atoms with Crippen LogP contribution in [0.2, 0.25) is 0 Å². The molecule has 1 N–H and O–H groups in total. The third-order valence-electron chi connectivity index (χ3n) is 3.27. The Morgan fingerprint density at radius 3 is 2.85 bits per heavy atom. The minimum atomic E-state index is -0.378. The van der Waals surface area contributed by atoms with Gasteiger partial charge in [-0.3, -0.25) is 0 Å². The number of nitrogens with zero attached hydrogens (tertiary/aromatic N) is 1. The van der Waals surface area contributed by atoms with Crippen LogP contribution in [0.3, 0.4) is 0 Å². The predicted molar refractivity (Wildman–Crippen MR) is 75.3 cm³/mol. The maximum absolute atomic E-state index is 13.6. The average Bonchev–Trinajstić information content (AvgIpc) is 3.26. The number of nitrogens with one attached hydrogen (secondary N) is 1. The number of hydrogen-bond acceptors (Lipinski definition) is 3. The van der Waals surface area contributed by atoms with Gasteiger partial charge in [0.15, 0.2) is 11.6 Å². The molecule has 0 unspecified atom stereocenters. The first kappa shape index (κ1) is 13.1. The van der Waals surface area contributed by atoms with Gasteiger partial charge in [0.05, 0.1) is 0 Å². The molecule has 1 saturated carbocycles. The van der Waals surface area contributed by atoms with Crippen molar-refractivity contribution in [2.45, 2.75) is 32.4 Å². The molecule has 1 aliphatic rings. The second kappa shape index (κ2) is 5.59. The highest BCUT2D eigenvalue weighted by Gasteiger charge is 2.19. The van der Waals surface area contributed by atoms with Crippen LogP contribution in [0.1, 0.15) is 24.0 Å². The van der Waals surface area contributed by atoms with E-state index in [1.165, 1.54) is 18.9 Å². The van der Waals surface area contributed by atoms with Crippen molar-refractivity contribution in [1.29, 1.82) is 0 Å². The normalized spacial score (nSPS) is 14.3.